The maximum atomic E-state index is 5.93. The zero-order valence-electron chi connectivity index (χ0n) is 14.3. The Kier molecular flexibility index (Phi) is 3.05. The van der Waals surface area contributed by atoms with Crippen LogP contribution in [0.4, 0.5) is 11.4 Å². The Balaban J connectivity index is 1.76. The Hall–Kier alpha value is -2.62. The molecule has 0 amide bonds. The monoisotopic (exact) mass is 329 g/mol. The number of aryl methyl sites for hydroxylation is 1. The van der Waals surface area contributed by atoms with Gasteiger partial charge in [-0.3, -0.25) is 0 Å². The van der Waals surface area contributed by atoms with Crippen LogP contribution in [0.3, 0.4) is 0 Å². The molecular weight excluding hydrogens is 310 g/mol. The van der Waals surface area contributed by atoms with Crippen LogP contribution in [0.15, 0.2) is 72.8 Å². The Morgan fingerprint density at radius 1 is 0.800 bits per heavy atom. The van der Waals surface area contributed by atoms with E-state index in [2.05, 4.69) is 91.7 Å². The van der Waals surface area contributed by atoms with Crippen molar-refractivity contribution in [3.8, 4) is 0 Å². The second-order valence-electron chi connectivity index (χ2n) is 6.80. The van der Waals surface area contributed by atoms with Gasteiger partial charge < -0.3 is 4.90 Å². The van der Waals surface area contributed by atoms with E-state index in [-0.39, 0.29) is 6.10 Å². The summed E-state index contributed by atoms with van der Waals surface area (Å²) in [5.74, 6) is 0. The first kappa shape index (κ1) is 14.7. The maximum Gasteiger partial charge on any atom is 0.191 e. The standard InChI is InChI=1S/C22H19NO2/c1-15-11-13-16(14-12-15)21-22(25-24-21)17-7-3-5-9-19(17)23(2)20-10-6-4-8-18(20)22/h3-14,21H,1-2H3. The quantitative estimate of drug-likeness (QED) is 0.585. The van der Waals surface area contributed by atoms with E-state index < -0.39 is 5.60 Å². The molecular formula is C22H19NO2. The molecule has 0 aromatic heterocycles. The lowest BCUT2D eigenvalue weighted by Crippen LogP contribution is -2.51. The van der Waals surface area contributed by atoms with E-state index >= 15 is 0 Å². The normalized spacial score (nSPS) is 19.9. The zero-order chi connectivity index (χ0) is 17.0. The average Bonchev–Trinajstić information content (AvgIpc) is 2.63. The molecule has 1 fully saturated rings. The van der Waals surface area contributed by atoms with Gasteiger partial charge in [-0.05, 0) is 24.6 Å². The molecule has 0 saturated carbocycles. The highest BCUT2D eigenvalue weighted by molar-refractivity contribution is 5.77. The highest BCUT2D eigenvalue weighted by Gasteiger charge is 2.59. The fourth-order valence-electron chi connectivity index (χ4n) is 4.03. The minimum absolute atomic E-state index is 0.163. The summed E-state index contributed by atoms with van der Waals surface area (Å²) in [6.07, 6.45) is -0.163. The summed E-state index contributed by atoms with van der Waals surface area (Å²) in [7, 11) is 2.10. The highest BCUT2D eigenvalue weighted by atomic mass is 17.3. The molecule has 0 radical (unpaired) electrons. The van der Waals surface area contributed by atoms with Crippen molar-refractivity contribution in [2.75, 3.05) is 11.9 Å². The number of hydrogen-bond acceptors (Lipinski definition) is 3. The number of para-hydroxylation sites is 2. The van der Waals surface area contributed by atoms with E-state index in [1.54, 1.807) is 0 Å². The summed E-state index contributed by atoms with van der Waals surface area (Å²) in [6, 6.07) is 25.3. The molecule has 124 valence electrons. The van der Waals surface area contributed by atoms with Crippen LogP contribution in [0.25, 0.3) is 0 Å². The first-order valence-electron chi connectivity index (χ1n) is 8.55. The predicted molar refractivity (Wildman–Crippen MR) is 97.8 cm³/mol. The summed E-state index contributed by atoms with van der Waals surface area (Å²) >= 11 is 0. The van der Waals surface area contributed by atoms with Crippen LogP contribution < -0.4 is 4.90 Å². The molecule has 1 spiro atoms. The third kappa shape index (κ3) is 1.88. The van der Waals surface area contributed by atoms with Crippen molar-refractivity contribution in [2.45, 2.75) is 18.6 Å². The van der Waals surface area contributed by atoms with Crippen molar-refractivity contribution < 1.29 is 9.78 Å². The van der Waals surface area contributed by atoms with E-state index in [0.717, 1.165) is 28.1 Å². The van der Waals surface area contributed by atoms with Gasteiger partial charge in [-0.15, -0.1) is 0 Å². The van der Waals surface area contributed by atoms with Crippen molar-refractivity contribution in [1.29, 1.82) is 0 Å². The number of nitrogens with zero attached hydrogens (tertiary/aromatic N) is 1. The lowest BCUT2D eigenvalue weighted by atomic mass is 9.74. The maximum absolute atomic E-state index is 5.93. The van der Waals surface area contributed by atoms with Crippen LogP contribution in [0, 0.1) is 6.92 Å². The van der Waals surface area contributed by atoms with Gasteiger partial charge in [0.2, 0.25) is 0 Å². The summed E-state index contributed by atoms with van der Waals surface area (Å²) in [5, 5.41) is 0. The first-order valence-corrected chi connectivity index (χ1v) is 8.55. The van der Waals surface area contributed by atoms with E-state index in [9.17, 15) is 0 Å². The molecule has 25 heavy (non-hydrogen) atoms. The predicted octanol–water partition coefficient (Wildman–Crippen LogP) is 5.02. The molecule has 2 aliphatic heterocycles. The van der Waals surface area contributed by atoms with E-state index in [4.69, 9.17) is 9.78 Å². The van der Waals surface area contributed by atoms with Crippen LogP contribution in [0.5, 0.6) is 0 Å². The van der Waals surface area contributed by atoms with Gasteiger partial charge >= 0.3 is 0 Å². The average molecular weight is 329 g/mol. The lowest BCUT2D eigenvalue weighted by Gasteiger charge is -2.52. The number of hydrogen-bond donors (Lipinski definition) is 0. The van der Waals surface area contributed by atoms with Crippen LogP contribution in [0.1, 0.15) is 28.4 Å². The number of fused-ring (bicyclic) bond motifs is 4. The second-order valence-corrected chi connectivity index (χ2v) is 6.80. The third-order valence-corrected chi connectivity index (χ3v) is 5.36. The van der Waals surface area contributed by atoms with Gasteiger partial charge in [-0.1, -0.05) is 66.2 Å². The first-order chi connectivity index (χ1) is 12.2. The van der Waals surface area contributed by atoms with Crippen LogP contribution in [0.2, 0.25) is 0 Å². The summed E-state index contributed by atoms with van der Waals surface area (Å²) < 4.78 is 0. The van der Waals surface area contributed by atoms with Gasteiger partial charge in [0.1, 0.15) is 0 Å². The van der Waals surface area contributed by atoms with E-state index in [1.165, 1.54) is 5.56 Å². The Bertz CT molecular complexity index is 901. The molecule has 1 unspecified atom stereocenters. The molecule has 2 aliphatic rings. The molecule has 2 heterocycles. The van der Waals surface area contributed by atoms with Crippen molar-refractivity contribution in [2.24, 2.45) is 0 Å². The van der Waals surface area contributed by atoms with Gasteiger partial charge in [-0.25, -0.2) is 9.78 Å². The second kappa shape index (κ2) is 5.19. The van der Waals surface area contributed by atoms with Crippen molar-refractivity contribution in [1.82, 2.24) is 0 Å². The Labute approximate surface area is 147 Å². The molecule has 1 atom stereocenters. The molecule has 3 nitrogen and oxygen atoms in total. The SMILES string of the molecule is Cc1ccc(C2OOC23c2ccccc2N(C)c2ccccc23)cc1. The van der Waals surface area contributed by atoms with Gasteiger partial charge in [0, 0.05) is 29.5 Å². The fraction of sp³-hybridized carbons (Fsp3) is 0.182. The number of anilines is 2. The van der Waals surface area contributed by atoms with Gasteiger partial charge in [0.25, 0.3) is 0 Å². The van der Waals surface area contributed by atoms with Crippen molar-refractivity contribution >= 4 is 11.4 Å². The van der Waals surface area contributed by atoms with Crippen molar-refractivity contribution in [3.63, 3.8) is 0 Å². The Morgan fingerprint density at radius 3 is 1.88 bits per heavy atom. The summed E-state index contributed by atoms with van der Waals surface area (Å²) in [4.78, 5) is 13.8. The topological polar surface area (TPSA) is 21.7 Å². The smallest absolute Gasteiger partial charge is 0.191 e. The number of rotatable bonds is 1. The van der Waals surface area contributed by atoms with Crippen molar-refractivity contribution in [3.05, 3.63) is 95.1 Å². The summed E-state index contributed by atoms with van der Waals surface area (Å²) in [6.45, 7) is 2.10. The lowest BCUT2D eigenvalue weighted by molar-refractivity contribution is -0.511. The fourth-order valence-corrected chi connectivity index (χ4v) is 4.03. The van der Waals surface area contributed by atoms with Crippen LogP contribution in [-0.2, 0) is 15.4 Å². The van der Waals surface area contributed by atoms with Gasteiger partial charge in [0.05, 0.1) is 0 Å². The van der Waals surface area contributed by atoms with E-state index in [0.29, 0.717) is 0 Å². The minimum Gasteiger partial charge on any atom is -0.344 e. The zero-order valence-corrected chi connectivity index (χ0v) is 14.3. The third-order valence-electron chi connectivity index (χ3n) is 5.36. The van der Waals surface area contributed by atoms with Crippen LogP contribution in [-0.4, -0.2) is 7.05 Å². The largest absolute Gasteiger partial charge is 0.344 e. The molecule has 3 aromatic carbocycles. The van der Waals surface area contributed by atoms with Crippen LogP contribution >= 0.6 is 0 Å². The van der Waals surface area contributed by atoms with E-state index in [1.807, 2.05) is 0 Å². The number of benzene rings is 3. The minimum atomic E-state index is -0.602. The molecule has 0 bridgehead atoms. The van der Waals surface area contributed by atoms with Gasteiger partial charge in [-0.2, -0.15) is 0 Å². The molecule has 3 heteroatoms. The van der Waals surface area contributed by atoms with Gasteiger partial charge in [0.15, 0.2) is 11.7 Å². The summed E-state index contributed by atoms with van der Waals surface area (Å²) in [5.41, 5.74) is 6.37. The molecule has 1 saturated heterocycles. The Morgan fingerprint density at radius 2 is 1.36 bits per heavy atom. The molecule has 0 N–H and O–H groups in total. The molecule has 0 aliphatic carbocycles. The molecule has 5 rings (SSSR count). The highest BCUT2D eigenvalue weighted by Crippen LogP contribution is 2.60. The molecule has 3 aromatic rings.